The molecule has 0 unspecified atom stereocenters. The van der Waals surface area contributed by atoms with Crippen LogP contribution in [0.1, 0.15) is 32.3 Å². The summed E-state index contributed by atoms with van der Waals surface area (Å²) in [7, 11) is 0. The van der Waals surface area contributed by atoms with Crippen molar-refractivity contribution in [3.8, 4) is 0 Å². The first-order valence-electron chi connectivity index (χ1n) is 7.32. The van der Waals surface area contributed by atoms with Crippen molar-refractivity contribution in [3.63, 3.8) is 0 Å². The largest absolute Gasteiger partial charge is 0.369 e. The highest BCUT2D eigenvalue weighted by atomic mass is 16.2. The Morgan fingerprint density at radius 2 is 1.90 bits per heavy atom. The third-order valence-electron chi connectivity index (χ3n) is 4.14. The number of nitrogens with zero attached hydrogens (tertiary/aromatic N) is 1. The molecule has 0 aromatic heterocycles. The molecule has 0 radical (unpaired) electrons. The third kappa shape index (κ3) is 3.72. The number of rotatable bonds is 3. The molecule has 0 saturated carbocycles. The Kier molecular flexibility index (Phi) is 4.78. The molecule has 1 saturated heterocycles. The second-order valence-corrected chi connectivity index (χ2v) is 5.71. The highest BCUT2D eigenvalue weighted by Crippen LogP contribution is 2.23. The van der Waals surface area contributed by atoms with Gasteiger partial charge in [0.25, 0.3) is 0 Å². The van der Waals surface area contributed by atoms with Gasteiger partial charge in [-0.15, -0.1) is 0 Å². The fourth-order valence-corrected chi connectivity index (χ4v) is 2.70. The lowest BCUT2D eigenvalue weighted by Gasteiger charge is -2.36. The molecule has 2 atom stereocenters. The highest BCUT2D eigenvalue weighted by molar-refractivity contribution is 5.95. The maximum absolute atomic E-state index is 12.5. The maximum Gasteiger partial charge on any atom is 0.247 e. The average molecular weight is 286 g/mol. The molecule has 21 heavy (non-hydrogen) atoms. The van der Waals surface area contributed by atoms with Crippen LogP contribution in [0.3, 0.4) is 0 Å². The number of carbonyl (C=O) groups excluding carboxylic acids is 2. The Balaban J connectivity index is 2.13. The Hall–Kier alpha value is -2.10. The van der Waals surface area contributed by atoms with Gasteiger partial charge in [0.1, 0.15) is 0 Å². The molecule has 1 aromatic carbocycles. The normalized spacial score (nSPS) is 23.0. The molecule has 0 spiro atoms. The molecule has 0 aliphatic carbocycles. The number of allylic oxidation sites excluding steroid dienone is 1. The van der Waals surface area contributed by atoms with Crippen molar-refractivity contribution in [1.29, 1.82) is 0 Å². The van der Waals surface area contributed by atoms with Gasteiger partial charge in [-0.05, 0) is 37.8 Å². The molecule has 1 aliphatic rings. The summed E-state index contributed by atoms with van der Waals surface area (Å²) in [6.07, 6.45) is 3.23. The molecule has 4 heteroatoms. The van der Waals surface area contributed by atoms with Crippen molar-refractivity contribution in [3.05, 3.63) is 42.0 Å². The average Bonchev–Trinajstić information content (AvgIpc) is 2.48. The van der Waals surface area contributed by atoms with E-state index in [0.717, 1.165) is 24.0 Å². The molecule has 0 bridgehead atoms. The topological polar surface area (TPSA) is 63.4 Å². The van der Waals surface area contributed by atoms with Crippen LogP contribution in [0.5, 0.6) is 0 Å². The van der Waals surface area contributed by atoms with Crippen LogP contribution < -0.4 is 5.73 Å². The van der Waals surface area contributed by atoms with Crippen LogP contribution in [-0.4, -0.2) is 29.3 Å². The maximum atomic E-state index is 12.5. The van der Waals surface area contributed by atoms with Gasteiger partial charge in [-0.25, -0.2) is 0 Å². The Bertz CT molecular complexity index is 551. The van der Waals surface area contributed by atoms with E-state index in [1.165, 1.54) is 0 Å². The standard InChI is InChI=1S/C17H22N2O2/c1-12(14-6-4-3-5-7-14)10-16(20)19-11-15(17(18)21)9-8-13(19)2/h3-7,10,13,15H,8-9,11H2,1-2H3,(H2,18,21)/b12-10+/t13-,15-/m1/s1. The summed E-state index contributed by atoms with van der Waals surface area (Å²) in [5, 5.41) is 0. The van der Waals surface area contributed by atoms with Gasteiger partial charge in [0.15, 0.2) is 0 Å². The van der Waals surface area contributed by atoms with Gasteiger partial charge in [-0.3, -0.25) is 9.59 Å². The first-order valence-corrected chi connectivity index (χ1v) is 7.32. The minimum Gasteiger partial charge on any atom is -0.369 e. The van der Waals surface area contributed by atoms with E-state index in [1.54, 1.807) is 11.0 Å². The zero-order valence-electron chi connectivity index (χ0n) is 12.6. The number of carbonyl (C=O) groups is 2. The van der Waals surface area contributed by atoms with E-state index in [1.807, 2.05) is 44.2 Å². The van der Waals surface area contributed by atoms with Crippen molar-refractivity contribution in [2.24, 2.45) is 11.7 Å². The van der Waals surface area contributed by atoms with Crippen LogP contribution >= 0.6 is 0 Å². The molecule has 2 rings (SSSR count). The first kappa shape index (κ1) is 15.3. The van der Waals surface area contributed by atoms with E-state index in [0.29, 0.717) is 6.54 Å². The number of piperidine rings is 1. The van der Waals surface area contributed by atoms with E-state index >= 15 is 0 Å². The van der Waals surface area contributed by atoms with Gasteiger partial charge in [-0.2, -0.15) is 0 Å². The van der Waals surface area contributed by atoms with Crippen LogP contribution in [0.4, 0.5) is 0 Å². The van der Waals surface area contributed by atoms with Crippen LogP contribution in [0.15, 0.2) is 36.4 Å². The molecule has 2 N–H and O–H groups in total. The number of nitrogens with two attached hydrogens (primary N) is 1. The summed E-state index contributed by atoms with van der Waals surface area (Å²) in [6, 6.07) is 9.94. The molecule has 1 heterocycles. The molecule has 4 nitrogen and oxygen atoms in total. The summed E-state index contributed by atoms with van der Waals surface area (Å²) >= 11 is 0. The lowest BCUT2D eigenvalue weighted by Crippen LogP contribution is -2.48. The van der Waals surface area contributed by atoms with Gasteiger partial charge < -0.3 is 10.6 Å². The number of amides is 2. The van der Waals surface area contributed by atoms with Crippen molar-refractivity contribution in [2.75, 3.05) is 6.54 Å². The molecular weight excluding hydrogens is 264 g/mol. The molecule has 1 aliphatic heterocycles. The van der Waals surface area contributed by atoms with Gasteiger partial charge in [0.2, 0.25) is 11.8 Å². The van der Waals surface area contributed by atoms with E-state index < -0.39 is 0 Å². The molecule has 112 valence electrons. The number of hydrogen-bond acceptors (Lipinski definition) is 2. The second kappa shape index (κ2) is 6.57. The Morgan fingerprint density at radius 3 is 2.52 bits per heavy atom. The smallest absolute Gasteiger partial charge is 0.247 e. The van der Waals surface area contributed by atoms with Crippen molar-refractivity contribution in [1.82, 2.24) is 4.90 Å². The third-order valence-corrected chi connectivity index (χ3v) is 4.14. The minimum atomic E-state index is -0.316. The van der Waals surface area contributed by atoms with Crippen LogP contribution in [0.2, 0.25) is 0 Å². The monoisotopic (exact) mass is 286 g/mol. The fourth-order valence-electron chi connectivity index (χ4n) is 2.70. The van der Waals surface area contributed by atoms with E-state index in [-0.39, 0.29) is 23.8 Å². The summed E-state index contributed by atoms with van der Waals surface area (Å²) < 4.78 is 0. The van der Waals surface area contributed by atoms with Crippen LogP contribution in [0.25, 0.3) is 5.57 Å². The molecule has 1 fully saturated rings. The number of likely N-dealkylation sites (tertiary alicyclic amines) is 1. The van der Waals surface area contributed by atoms with E-state index in [2.05, 4.69) is 0 Å². The number of primary amides is 1. The summed E-state index contributed by atoms with van der Waals surface area (Å²) in [5.74, 6) is -0.589. The van der Waals surface area contributed by atoms with Crippen molar-refractivity contribution in [2.45, 2.75) is 32.7 Å². The summed E-state index contributed by atoms with van der Waals surface area (Å²) in [6.45, 7) is 4.36. The lowest BCUT2D eigenvalue weighted by atomic mass is 9.92. The van der Waals surface area contributed by atoms with Crippen LogP contribution in [0, 0.1) is 5.92 Å². The first-order chi connectivity index (χ1) is 9.99. The number of benzene rings is 1. The lowest BCUT2D eigenvalue weighted by molar-refractivity contribution is -0.133. The summed E-state index contributed by atoms with van der Waals surface area (Å²) in [4.78, 5) is 25.6. The Labute approximate surface area is 125 Å². The van der Waals surface area contributed by atoms with Gasteiger partial charge in [-0.1, -0.05) is 30.3 Å². The van der Waals surface area contributed by atoms with Gasteiger partial charge in [0.05, 0.1) is 5.92 Å². The van der Waals surface area contributed by atoms with E-state index in [4.69, 9.17) is 5.73 Å². The van der Waals surface area contributed by atoms with Gasteiger partial charge >= 0.3 is 0 Å². The van der Waals surface area contributed by atoms with Crippen molar-refractivity contribution >= 4 is 17.4 Å². The quantitative estimate of drug-likeness (QED) is 0.866. The fraction of sp³-hybridized carbons (Fsp3) is 0.412. The van der Waals surface area contributed by atoms with Crippen LogP contribution in [-0.2, 0) is 9.59 Å². The number of hydrogen-bond donors (Lipinski definition) is 1. The van der Waals surface area contributed by atoms with Crippen molar-refractivity contribution < 1.29 is 9.59 Å². The predicted molar refractivity (Wildman–Crippen MR) is 83.2 cm³/mol. The predicted octanol–water partition coefficient (Wildman–Crippen LogP) is 2.20. The molecular formula is C17H22N2O2. The second-order valence-electron chi connectivity index (χ2n) is 5.71. The molecule has 1 aromatic rings. The minimum absolute atomic E-state index is 0.0465. The SMILES string of the molecule is C/C(=C\C(=O)N1C[C@H](C(N)=O)CC[C@H]1C)c1ccccc1. The van der Waals surface area contributed by atoms with E-state index in [9.17, 15) is 9.59 Å². The highest BCUT2D eigenvalue weighted by Gasteiger charge is 2.30. The van der Waals surface area contributed by atoms with Gasteiger partial charge in [0, 0.05) is 18.7 Å². The zero-order chi connectivity index (χ0) is 15.4. The Morgan fingerprint density at radius 1 is 1.24 bits per heavy atom. The zero-order valence-corrected chi connectivity index (χ0v) is 12.6. The molecule has 2 amide bonds. The summed E-state index contributed by atoms with van der Waals surface area (Å²) in [5.41, 5.74) is 7.33.